The van der Waals surface area contributed by atoms with Gasteiger partial charge in [0.15, 0.2) is 105 Å². The second-order valence-corrected chi connectivity index (χ2v) is 46.6. The number of ketones is 1. The Morgan fingerprint density at radius 2 is 0.579 bits per heavy atom. The number of nitrogens with zero attached hydrogens (tertiary/aromatic N) is 15. The van der Waals surface area contributed by atoms with Crippen LogP contribution in [0.5, 0.6) is 28.7 Å². The molecule has 13 rings (SSSR count). The van der Waals surface area contributed by atoms with Crippen molar-refractivity contribution in [2.45, 2.75) is 44.8 Å². The number of methoxy groups -OCH3 is 3. The smallest absolute Gasteiger partial charge is 0.250 e. The SMILES string of the molecule is COc1ccc(-c2nc(C(Cl)(Cl)Cl)nc(C(Cl)(Cl)Cl)n2)c2cc(C(C)=O)ccc12.COc1ccc(-c2nc(C(Cl)(Cl)Cl)nc(C(Cl)(Cl)Cl)n2)c2ccccc12.COc1ccc(-c2nc(C(Cl)(Cl)Cl)nc(C(Cl)(Cl)Cl)n2)cc1.ClC(Cl)(Cl)c1nc(-c2ccc3c(c2)OCO3)nc(C(Cl)(Cl)Cl)n1.Clc1ccc(-c2nc(C(Cl)(Cl)Cl)nc(C(Cl)(Cl)Cl)n2)cc1. The lowest BCUT2D eigenvalue weighted by Gasteiger charge is -2.17. The van der Waals surface area contributed by atoms with Gasteiger partial charge in [-0.25, -0.2) is 74.8 Å². The van der Waals surface area contributed by atoms with Crippen molar-refractivity contribution in [3.63, 3.8) is 0 Å². The molecule has 0 atom stereocenters. The van der Waals surface area contributed by atoms with Crippen molar-refractivity contribution in [3.8, 4) is 85.7 Å². The minimum Gasteiger partial charge on any atom is -0.497 e. The first-order valence-corrected chi connectivity index (χ1v) is 43.6. The second kappa shape index (κ2) is 41.5. The largest absolute Gasteiger partial charge is 0.497 e. The van der Waals surface area contributed by atoms with Gasteiger partial charge in [0.1, 0.15) is 17.2 Å². The van der Waals surface area contributed by atoms with Gasteiger partial charge < -0.3 is 23.7 Å². The van der Waals surface area contributed by atoms with E-state index in [2.05, 4.69) is 74.8 Å². The van der Waals surface area contributed by atoms with E-state index in [1.54, 1.807) is 123 Å². The molecule has 0 spiro atoms. The van der Waals surface area contributed by atoms with Crippen LogP contribution in [0.25, 0.3) is 78.5 Å². The first kappa shape index (κ1) is 103. The van der Waals surface area contributed by atoms with E-state index < -0.39 is 37.9 Å². The summed E-state index contributed by atoms with van der Waals surface area (Å²) in [5, 5.41) is 3.59. The molecule has 1 aliphatic rings. The van der Waals surface area contributed by atoms with Gasteiger partial charge in [-0.2, -0.15) is 0 Å². The summed E-state index contributed by atoms with van der Waals surface area (Å²) in [6.07, 6.45) is 0. The highest BCUT2D eigenvalue weighted by Gasteiger charge is 2.40. The number of alkyl halides is 30. The van der Waals surface area contributed by atoms with Crippen molar-refractivity contribution in [1.82, 2.24) is 74.8 Å². The zero-order valence-corrected chi connectivity index (χ0v) is 82.7. The van der Waals surface area contributed by atoms with Crippen molar-refractivity contribution in [3.05, 3.63) is 202 Å². The fourth-order valence-corrected chi connectivity index (χ4v) is 12.4. The average Bonchev–Trinajstić information content (AvgIpc) is 1.21. The minimum absolute atomic E-state index is 0.107. The summed E-state index contributed by atoms with van der Waals surface area (Å²) >= 11 is 182. The Morgan fingerprint density at radius 1 is 0.289 bits per heavy atom. The van der Waals surface area contributed by atoms with Crippen molar-refractivity contribution < 1.29 is 28.5 Å². The van der Waals surface area contributed by atoms with Crippen LogP contribution in [0.3, 0.4) is 0 Å². The predicted molar refractivity (Wildman–Crippen MR) is 494 cm³/mol. The van der Waals surface area contributed by atoms with Crippen LogP contribution < -0.4 is 23.7 Å². The normalized spacial score (nSPS) is 12.7. The van der Waals surface area contributed by atoms with Gasteiger partial charge in [0.25, 0.3) is 0 Å². The lowest BCUT2D eigenvalue weighted by molar-refractivity contribution is 0.101. The summed E-state index contributed by atoms with van der Waals surface area (Å²) in [6, 6.07) is 38.3. The molecular formula is C69H36Cl31N15O6. The number of hydrogen-bond acceptors (Lipinski definition) is 21. The van der Waals surface area contributed by atoms with Gasteiger partial charge >= 0.3 is 0 Å². The van der Waals surface area contributed by atoms with Gasteiger partial charge in [-0.1, -0.05) is 390 Å². The topological polar surface area (TPSA) is 257 Å². The average molecular weight is 2270 g/mol. The number of halogens is 31. The lowest BCUT2D eigenvalue weighted by atomic mass is 9.99. The molecule has 1 aliphatic heterocycles. The summed E-state index contributed by atoms with van der Waals surface area (Å²) in [5.74, 6) is 2.28. The molecule has 0 saturated carbocycles. The molecule has 0 N–H and O–H groups in total. The molecule has 121 heavy (non-hydrogen) atoms. The van der Waals surface area contributed by atoms with Crippen molar-refractivity contribution in [2.75, 3.05) is 28.1 Å². The van der Waals surface area contributed by atoms with Gasteiger partial charge in [0, 0.05) is 49.2 Å². The van der Waals surface area contributed by atoms with E-state index in [0.717, 1.165) is 16.2 Å². The first-order valence-electron chi connectivity index (χ1n) is 31.9. The number of hydrogen-bond donors (Lipinski definition) is 0. The molecule has 6 heterocycles. The first-order chi connectivity index (χ1) is 55.8. The maximum absolute atomic E-state index is 11.9. The molecule has 12 aromatic rings. The maximum atomic E-state index is 11.9. The molecule has 5 aromatic heterocycles. The van der Waals surface area contributed by atoms with E-state index in [-0.39, 0.29) is 99.9 Å². The Labute approximate surface area is 841 Å². The molecule has 52 heteroatoms. The van der Waals surface area contributed by atoms with E-state index in [4.69, 9.17) is 383 Å². The molecule has 0 unspecified atom stereocenters. The molecule has 21 nitrogen and oxygen atoms in total. The Kier molecular flexibility index (Phi) is 35.1. The standard InChI is InChI=1S/C18H11Cl6N3O2.C16H9Cl6N3O.C12H5Cl6N3O2.C12H7Cl6N3O.C11H4Cl7N3/c1-8(28)9-3-4-10-12(7-9)11(5-6-13(10)29-2)14-25-15(17(19,20)21)27-16(26-14)18(22,23)24;1-26-11-7-6-10(8-4-2-3-5-9(8)11)12-23-13(15(17,18)19)25-14(24-12)16(20,21)22;13-11(14,15)9-19-8(20-10(21-9)12(16,17)18)5-1-2-6-7(3-5)23-4-22-6;1-22-7-4-2-6(3-5-7)8-19-9(11(13,14)15)21-10(20-8)12(16,17)18;12-6-3-1-5(2-4-6)7-19-8(10(13,14)15)21-9(20-7)11(16,17)18/h3-7H,1-2H3;2-7H,1H3;1-3H,4H2;2-5H,1H3;1-4H. The number of ether oxygens (including phenoxy) is 5. The summed E-state index contributed by atoms with van der Waals surface area (Å²) < 4.78 is 7.33. The van der Waals surface area contributed by atoms with E-state index in [9.17, 15) is 4.79 Å². The number of rotatable bonds is 9. The molecule has 0 aliphatic carbocycles. The van der Waals surface area contributed by atoms with Crippen molar-refractivity contribution in [2.24, 2.45) is 0 Å². The summed E-state index contributed by atoms with van der Waals surface area (Å²) in [6.45, 7) is 1.60. The van der Waals surface area contributed by atoms with Crippen LogP contribution in [0.2, 0.25) is 5.02 Å². The zero-order valence-electron chi connectivity index (χ0n) is 59.3. The van der Waals surface area contributed by atoms with Crippen LogP contribution in [0, 0.1) is 0 Å². The molecule has 0 radical (unpaired) electrons. The van der Waals surface area contributed by atoms with Crippen LogP contribution in [0.1, 0.15) is 75.5 Å². The quantitative estimate of drug-likeness (QED) is 0.0961. The monoisotopic (exact) mass is 2250 g/mol. The second-order valence-electron chi connectivity index (χ2n) is 23.3. The predicted octanol–water partition coefficient (Wildman–Crippen LogP) is 28.9. The fraction of sp³-hybridized carbons (Fsp3) is 0.217. The Hall–Kier alpha value is -2.23. The molecule has 7 aromatic carbocycles. The van der Waals surface area contributed by atoms with Gasteiger partial charge in [0.05, 0.1) is 21.3 Å². The summed E-state index contributed by atoms with van der Waals surface area (Å²) in [5.41, 5.74) is 3.43. The number of carbonyl (C=O) groups excluding carboxylic acids is 1. The van der Waals surface area contributed by atoms with Crippen LogP contribution in [0.15, 0.2) is 133 Å². The van der Waals surface area contributed by atoms with Crippen LogP contribution in [-0.4, -0.2) is 109 Å². The lowest BCUT2D eigenvalue weighted by Crippen LogP contribution is -2.16. The number of Topliss-reactive ketones (excluding diaryl/α,β-unsaturated/α-hetero) is 1. The summed E-state index contributed by atoms with van der Waals surface area (Å²) in [4.78, 5) is 73.2. The number of fused-ring (bicyclic) bond motifs is 3. The van der Waals surface area contributed by atoms with Crippen molar-refractivity contribution >= 4 is 387 Å². The zero-order chi connectivity index (χ0) is 89.9. The van der Waals surface area contributed by atoms with E-state index in [0.29, 0.717) is 72.5 Å². The highest BCUT2D eigenvalue weighted by Crippen LogP contribution is 2.49. The molecule has 0 amide bonds. The Morgan fingerprint density at radius 3 is 0.901 bits per heavy atom. The van der Waals surface area contributed by atoms with Crippen LogP contribution >= 0.6 is 360 Å². The highest BCUT2D eigenvalue weighted by molar-refractivity contribution is 6.71. The number of aromatic nitrogens is 15. The van der Waals surface area contributed by atoms with Gasteiger partial charge in [-0.15, -0.1) is 0 Å². The van der Waals surface area contributed by atoms with Crippen molar-refractivity contribution in [1.29, 1.82) is 0 Å². The number of carbonyl (C=O) groups is 1. The third-order valence-corrected chi connectivity index (χ3v) is 20.3. The molecule has 0 saturated heterocycles. The third-order valence-electron chi connectivity index (χ3n) is 15.0. The minimum atomic E-state index is -1.98. The molecule has 0 fully saturated rings. The molecular weight excluding hydrogens is 2230 g/mol. The van der Waals surface area contributed by atoms with Crippen LogP contribution in [0.4, 0.5) is 0 Å². The highest BCUT2D eigenvalue weighted by atomic mass is 35.6. The van der Waals surface area contributed by atoms with E-state index in [1.807, 2.05) is 24.3 Å². The van der Waals surface area contributed by atoms with Gasteiger partial charge in [-0.05, 0) is 121 Å². The third kappa shape index (κ3) is 28.2. The van der Waals surface area contributed by atoms with Gasteiger partial charge in [-0.3, -0.25) is 4.79 Å². The number of benzene rings is 7. The Bertz CT molecular complexity index is 5600. The van der Waals surface area contributed by atoms with E-state index >= 15 is 0 Å². The molecule has 640 valence electrons. The maximum Gasteiger partial charge on any atom is 0.250 e. The Balaban J connectivity index is 0.000000173. The van der Waals surface area contributed by atoms with E-state index in [1.165, 1.54) is 14.0 Å². The molecule has 0 bridgehead atoms. The summed E-state index contributed by atoms with van der Waals surface area (Å²) in [7, 11) is 4.68. The van der Waals surface area contributed by atoms with Gasteiger partial charge in [0.2, 0.25) is 44.7 Å². The fourth-order valence-electron chi connectivity index (χ4n) is 9.71. The van der Waals surface area contributed by atoms with Crippen LogP contribution in [-0.2, 0) is 37.9 Å².